The predicted molar refractivity (Wildman–Crippen MR) is 439 cm³/mol. The van der Waals surface area contributed by atoms with Gasteiger partial charge in [0.15, 0.2) is 16.1 Å². The van der Waals surface area contributed by atoms with Crippen molar-refractivity contribution < 1.29 is 13.3 Å². The lowest BCUT2D eigenvalue weighted by molar-refractivity contribution is 0.669. The van der Waals surface area contributed by atoms with Crippen molar-refractivity contribution in [2.45, 2.75) is 7.43 Å². The van der Waals surface area contributed by atoms with Crippen LogP contribution < -0.4 is 41.5 Å². The average molecular weight is 1520 g/mol. The van der Waals surface area contributed by atoms with Crippen molar-refractivity contribution in [2.24, 2.45) is 0 Å². The Hall–Kier alpha value is -10.6. The standard InChI is InChI=1S/C42H29NOSi.C30H21BrOSi.C12H8O.C6H4Br2.CH4/c1-3-16-31(17-4-1)45(32-18-5-2-6-19-32,41-28-14-24-37-36-23-9-12-27-40(36)44-42(37)41)33-20-13-15-30(29-33)43-38-25-10-7-21-34(38)35-22-8-11-26-39(35)43;31-22-11-9-16-25(21-22)33(23-12-3-1-4-13-23,24-14-5-2-6-15-24)29-20-10-18-27-26-17-7-8-19-28(26)32-30(27)29;1-3-7-11-9(5-1)10-6-2-4-8-12(10)13-11;7-5-2-1-3-6(8)4-5;/h1-29H;1-21H;1-8H;1-4H;1H4. The van der Waals surface area contributed by atoms with E-state index in [9.17, 15) is 0 Å². The van der Waals surface area contributed by atoms with Crippen LogP contribution in [0.15, 0.2) is 403 Å². The molecule has 0 radical (unpaired) electrons. The molecule has 0 bridgehead atoms. The number of halogens is 3. The topological polar surface area (TPSA) is 44.4 Å². The molecule has 0 unspecified atom stereocenters. The number of furan rings is 3. The second-order valence-corrected chi connectivity index (χ2v) is 34.8. The monoisotopic (exact) mass is 1510 g/mol. The summed E-state index contributed by atoms with van der Waals surface area (Å²) >= 11 is 10.4. The molecule has 9 heteroatoms. The largest absolute Gasteiger partial charge is 0.456 e. The molecule has 4 aromatic heterocycles. The molecule has 0 N–H and O–H groups in total. The van der Waals surface area contributed by atoms with Crippen molar-refractivity contribution in [1.29, 1.82) is 0 Å². The second kappa shape index (κ2) is 28.7. The van der Waals surface area contributed by atoms with Gasteiger partial charge in [0.1, 0.15) is 33.5 Å². The molecule has 19 rings (SSSR count). The third-order valence-electron chi connectivity index (χ3n) is 18.9. The normalized spacial score (nSPS) is 11.5. The predicted octanol–water partition coefficient (Wildman–Crippen LogP) is 21.2. The Morgan fingerprint density at radius 2 is 0.500 bits per heavy atom. The van der Waals surface area contributed by atoms with Gasteiger partial charge in [-0.05, 0) is 120 Å². The lowest BCUT2D eigenvalue weighted by atomic mass is 10.1. The van der Waals surface area contributed by atoms with Crippen LogP contribution in [0.25, 0.3) is 93.3 Å². The van der Waals surface area contributed by atoms with Gasteiger partial charge >= 0.3 is 0 Å². The zero-order valence-electron chi connectivity index (χ0n) is 53.6. The minimum atomic E-state index is -2.91. The van der Waals surface area contributed by atoms with Gasteiger partial charge in [-0.3, -0.25) is 0 Å². The van der Waals surface area contributed by atoms with Crippen molar-refractivity contribution in [3.63, 3.8) is 0 Å². The smallest absolute Gasteiger partial charge is 0.184 e. The molecule has 0 spiro atoms. The zero-order valence-corrected chi connectivity index (χ0v) is 60.4. The Morgan fingerprint density at radius 1 is 0.220 bits per heavy atom. The van der Waals surface area contributed by atoms with Crippen molar-refractivity contribution >= 4 is 193 Å². The molecular weight excluding hydrogens is 1450 g/mol. The fourth-order valence-corrected chi connectivity index (χ4v) is 26.2. The number of hydrogen-bond donors (Lipinski definition) is 0. The number of aromatic nitrogens is 1. The summed E-state index contributed by atoms with van der Waals surface area (Å²) in [5.74, 6) is 0. The number of nitrogens with zero attached hydrogens (tertiary/aromatic N) is 1. The molecule has 0 atom stereocenters. The molecule has 4 heterocycles. The first-order valence-electron chi connectivity index (χ1n) is 33.0. The van der Waals surface area contributed by atoms with E-state index >= 15 is 0 Å². The summed E-state index contributed by atoms with van der Waals surface area (Å²) in [6, 6.07) is 134. The van der Waals surface area contributed by atoms with Gasteiger partial charge in [0.05, 0.1) is 11.0 Å². The second-order valence-electron chi connectivity index (χ2n) is 24.5. The van der Waals surface area contributed by atoms with Crippen LogP contribution in [-0.4, -0.2) is 20.7 Å². The van der Waals surface area contributed by atoms with Gasteiger partial charge < -0.3 is 17.8 Å². The van der Waals surface area contributed by atoms with E-state index in [-0.39, 0.29) is 7.43 Å². The molecule has 0 aliphatic rings. The van der Waals surface area contributed by atoms with E-state index in [4.69, 9.17) is 13.3 Å². The van der Waals surface area contributed by atoms with E-state index in [0.717, 1.165) is 68.8 Å². The van der Waals surface area contributed by atoms with Gasteiger partial charge in [-0.2, -0.15) is 0 Å². The van der Waals surface area contributed by atoms with E-state index in [1.54, 1.807) is 0 Å². The molecule has 0 amide bonds. The van der Waals surface area contributed by atoms with Crippen molar-refractivity contribution in [2.75, 3.05) is 0 Å². The van der Waals surface area contributed by atoms with Crippen molar-refractivity contribution in [3.8, 4) is 5.69 Å². The zero-order chi connectivity index (χ0) is 66.7. The van der Waals surface area contributed by atoms with Gasteiger partial charge in [0, 0.05) is 62.2 Å². The minimum Gasteiger partial charge on any atom is -0.456 e. The van der Waals surface area contributed by atoms with Crippen LogP contribution in [0.2, 0.25) is 0 Å². The highest BCUT2D eigenvalue weighted by Gasteiger charge is 2.45. The first-order chi connectivity index (χ1) is 48.9. The summed E-state index contributed by atoms with van der Waals surface area (Å²) in [5.41, 5.74) is 9.31. The lowest BCUT2D eigenvalue weighted by Crippen LogP contribution is -2.74. The minimum absolute atomic E-state index is 0. The summed E-state index contributed by atoms with van der Waals surface area (Å²) in [6.07, 6.45) is 0. The molecule has 0 fully saturated rings. The highest BCUT2D eigenvalue weighted by molar-refractivity contribution is 9.11. The third kappa shape index (κ3) is 12.0. The molecule has 0 aliphatic heterocycles. The van der Waals surface area contributed by atoms with Crippen LogP contribution >= 0.6 is 47.8 Å². The highest BCUT2D eigenvalue weighted by Crippen LogP contribution is 2.35. The van der Waals surface area contributed by atoms with Crippen LogP contribution in [0.4, 0.5) is 0 Å². The first kappa shape index (κ1) is 65.3. The van der Waals surface area contributed by atoms with Crippen LogP contribution in [-0.2, 0) is 0 Å². The number of hydrogen-bond acceptors (Lipinski definition) is 3. The van der Waals surface area contributed by atoms with E-state index in [1.165, 1.54) is 79.5 Å². The maximum atomic E-state index is 6.80. The Morgan fingerprint density at radius 3 is 0.880 bits per heavy atom. The quantitative estimate of drug-likeness (QED) is 0.107. The highest BCUT2D eigenvalue weighted by atomic mass is 79.9. The molecule has 0 aliphatic carbocycles. The summed E-state index contributed by atoms with van der Waals surface area (Å²) in [7, 11) is -5.60. The maximum absolute atomic E-state index is 6.80. The number of fused-ring (bicyclic) bond motifs is 12. The van der Waals surface area contributed by atoms with E-state index in [1.807, 2.05) is 66.7 Å². The van der Waals surface area contributed by atoms with Crippen LogP contribution in [0.3, 0.4) is 0 Å². The Labute approximate surface area is 608 Å². The Bertz CT molecular complexity index is 5870. The molecule has 0 saturated carbocycles. The molecular formula is C91H66Br3NO3Si2. The van der Waals surface area contributed by atoms with E-state index in [2.05, 4.69) is 362 Å². The molecule has 4 nitrogen and oxygen atoms in total. The summed E-state index contributed by atoms with van der Waals surface area (Å²) < 4.78 is 24.8. The fourth-order valence-electron chi connectivity index (χ4n) is 14.7. The van der Waals surface area contributed by atoms with E-state index in [0.29, 0.717) is 0 Å². The van der Waals surface area contributed by atoms with E-state index < -0.39 is 16.1 Å². The van der Waals surface area contributed by atoms with Gasteiger partial charge in [0.2, 0.25) is 0 Å². The number of para-hydroxylation sites is 8. The van der Waals surface area contributed by atoms with Crippen LogP contribution in [0, 0.1) is 0 Å². The van der Waals surface area contributed by atoms with Crippen molar-refractivity contribution in [1.82, 2.24) is 4.57 Å². The van der Waals surface area contributed by atoms with Crippen LogP contribution in [0.1, 0.15) is 7.43 Å². The molecule has 19 aromatic rings. The molecule has 0 saturated heterocycles. The average Bonchev–Trinajstić information content (AvgIpc) is 1.17. The SMILES string of the molecule is Brc1cccc(Br)c1.Brc1cccc([Si](c2ccccc2)(c2ccccc2)c2cccc3c2oc2ccccc23)c1.C.c1ccc([Si](c2ccccc2)(c2cccc(-n3c4ccccc4c4ccccc43)c2)c2cccc3c2oc2ccccc23)cc1.c1ccc2c(c1)oc1ccccc12. The van der Waals surface area contributed by atoms with Gasteiger partial charge in [0.25, 0.3) is 0 Å². The molecule has 15 aromatic carbocycles. The molecule has 100 heavy (non-hydrogen) atoms. The number of benzene rings is 15. The van der Waals surface area contributed by atoms with Crippen LogP contribution in [0.5, 0.6) is 0 Å². The van der Waals surface area contributed by atoms with Crippen molar-refractivity contribution in [3.05, 3.63) is 390 Å². The molecule has 482 valence electrons. The van der Waals surface area contributed by atoms with Gasteiger partial charge in [-0.15, -0.1) is 0 Å². The summed E-state index contributed by atoms with van der Waals surface area (Å²) in [4.78, 5) is 0. The fraction of sp³-hybridized carbons (Fsp3) is 0.0110. The third-order valence-corrected chi connectivity index (χ3v) is 29.9. The Kier molecular flexibility index (Phi) is 18.7. The maximum Gasteiger partial charge on any atom is 0.184 e. The van der Waals surface area contributed by atoms with Gasteiger partial charge in [-0.25, -0.2) is 0 Å². The first-order valence-corrected chi connectivity index (χ1v) is 39.4. The Balaban J connectivity index is 0.000000128. The van der Waals surface area contributed by atoms with Gasteiger partial charge in [-0.1, -0.05) is 352 Å². The lowest BCUT2D eigenvalue weighted by Gasteiger charge is -2.34. The number of rotatable bonds is 9. The summed E-state index contributed by atoms with van der Waals surface area (Å²) in [5, 5.41) is 20.0. The summed E-state index contributed by atoms with van der Waals surface area (Å²) in [6.45, 7) is 0.